The largest absolute Gasteiger partial charge is 0.465 e. The van der Waals surface area contributed by atoms with Gasteiger partial charge < -0.3 is 9.15 Å². The Bertz CT molecular complexity index is 686. The molecule has 0 aliphatic carbocycles. The maximum atomic E-state index is 11.7. The maximum Gasteiger partial charge on any atom is 0.363 e. The zero-order valence-corrected chi connectivity index (χ0v) is 11.3. The predicted molar refractivity (Wildman–Crippen MR) is 73.5 cm³/mol. The Morgan fingerprint density at radius 3 is 2.74 bits per heavy atom. The van der Waals surface area contributed by atoms with Crippen molar-refractivity contribution in [2.75, 3.05) is 0 Å². The van der Waals surface area contributed by atoms with Crippen molar-refractivity contribution in [2.45, 2.75) is 0 Å². The van der Waals surface area contributed by atoms with Gasteiger partial charge in [0.25, 0.3) is 0 Å². The Morgan fingerprint density at radius 2 is 2.00 bits per heavy atom. The Morgan fingerprint density at radius 1 is 1.16 bits per heavy atom. The Hall–Kier alpha value is -2.14. The first-order valence-corrected chi connectivity index (χ1v) is 6.34. The van der Waals surface area contributed by atoms with Crippen LogP contribution in [0.2, 0.25) is 0 Å². The van der Waals surface area contributed by atoms with Crippen molar-refractivity contribution in [1.29, 1.82) is 0 Å². The fraction of sp³-hybridized carbons (Fsp3) is 0. The Labute approximate surface area is 117 Å². The van der Waals surface area contributed by atoms with E-state index in [9.17, 15) is 4.79 Å². The fourth-order valence-corrected chi connectivity index (χ4v) is 2.12. The number of hydrogen-bond acceptors (Lipinski definition) is 4. The van der Waals surface area contributed by atoms with Gasteiger partial charge in [-0.25, -0.2) is 9.79 Å². The summed E-state index contributed by atoms with van der Waals surface area (Å²) in [7, 11) is 0. The third kappa shape index (κ3) is 2.37. The van der Waals surface area contributed by atoms with E-state index >= 15 is 0 Å². The number of rotatable bonds is 2. The monoisotopic (exact) mass is 317 g/mol. The predicted octanol–water partition coefficient (Wildman–Crippen LogP) is 3.39. The van der Waals surface area contributed by atoms with Crippen LogP contribution in [-0.2, 0) is 9.53 Å². The van der Waals surface area contributed by atoms with E-state index in [0.717, 1.165) is 10.0 Å². The third-order valence-electron chi connectivity index (χ3n) is 2.55. The van der Waals surface area contributed by atoms with E-state index in [1.807, 2.05) is 24.3 Å². The molecule has 0 fully saturated rings. The van der Waals surface area contributed by atoms with Gasteiger partial charge in [-0.3, -0.25) is 0 Å². The number of carbonyl (C=O) groups is 1. The van der Waals surface area contributed by atoms with Gasteiger partial charge in [-0.15, -0.1) is 0 Å². The highest BCUT2D eigenvalue weighted by molar-refractivity contribution is 9.10. The normalized spacial score (nSPS) is 16.6. The zero-order valence-electron chi connectivity index (χ0n) is 9.67. The van der Waals surface area contributed by atoms with Crippen LogP contribution in [-0.4, -0.2) is 11.9 Å². The SMILES string of the molecule is O=C1OC(c2ccccc2Br)=N/C1=C/c1ccco1. The molecule has 1 aliphatic heterocycles. The molecule has 0 unspecified atom stereocenters. The number of nitrogens with zero attached hydrogens (tertiary/aromatic N) is 1. The van der Waals surface area contributed by atoms with E-state index < -0.39 is 5.97 Å². The zero-order chi connectivity index (χ0) is 13.2. The standard InChI is InChI=1S/C14H8BrNO3/c15-11-6-2-1-5-10(11)13-16-12(14(17)19-13)8-9-4-3-7-18-9/h1-8H/b12-8+. The van der Waals surface area contributed by atoms with Gasteiger partial charge in [0.15, 0.2) is 5.70 Å². The van der Waals surface area contributed by atoms with Crippen molar-refractivity contribution in [3.8, 4) is 0 Å². The number of benzene rings is 1. The van der Waals surface area contributed by atoms with Crippen LogP contribution in [0.3, 0.4) is 0 Å². The summed E-state index contributed by atoms with van der Waals surface area (Å²) in [6.45, 7) is 0. The average molecular weight is 318 g/mol. The van der Waals surface area contributed by atoms with Crippen LogP contribution in [0.5, 0.6) is 0 Å². The number of cyclic esters (lactones) is 1. The molecule has 1 aromatic heterocycles. The molecule has 94 valence electrons. The quantitative estimate of drug-likeness (QED) is 0.630. The molecule has 0 saturated carbocycles. The van der Waals surface area contributed by atoms with Crippen LogP contribution in [0.15, 0.2) is 62.2 Å². The smallest absolute Gasteiger partial charge is 0.363 e. The molecule has 0 N–H and O–H groups in total. The molecule has 5 heteroatoms. The summed E-state index contributed by atoms with van der Waals surface area (Å²) in [5.74, 6) is 0.363. The van der Waals surface area contributed by atoms with Crippen molar-refractivity contribution >= 4 is 33.9 Å². The van der Waals surface area contributed by atoms with Crippen LogP contribution in [0.25, 0.3) is 6.08 Å². The maximum absolute atomic E-state index is 11.7. The molecule has 0 spiro atoms. The van der Waals surface area contributed by atoms with E-state index in [1.165, 1.54) is 6.26 Å². The van der Waals surface area contributed by atoms with Crippen molar-refractivity contribution in [3.63, 3.8) is 0 Å². The van der Waals surface area contributed by atoms with Crippen LogP contribution >= 0.6 is 15.9 Å². The van der Waals surface area contributed by atoms with Crippen LogP contribution in [0, 0.1) is 0 Å². The van der Waals surface area contributed by atoms with Gasteiger partial charge in [-0.1, -0.05) is 12.1 Å². The molecule has 0 amide bonds. The lowest BCUT2D eigenvalue weighted by Gasteiger charge is -2.01. The first-order valence-electron chi connectivity index (χ1n) is 5.55. The second-order valence-corrected chi connectivity index (χ2v) is 4.69. The van der Waals surface area contributed by atoms with E-state index in [4.69, 9.17) is 9.15 Å². The number of esters is 1. The van der Waals surface area contributed by atoms with E-state index in [1.54, 1.807) is 18.2 Å². The lowest BCUT2D eigenvalue weighted by molar-refractivity contribution is -0.129. The summed E-state index contributed by atoms with van der Waals surface area (Å²) in [5.41, 5.74) is 0.958. The summed E-state index contributed by atoms with van der Waals surface area (Å²) >= 11 is 3.40. The van der Waals surface area contributed by atoms with Crippen LogP contribution in [0.4, 0.5) is 0 Å². The summed E-state index contributed by atoms with van der Waals surface area (Å²) in [5, 5.41) is 0. The molecule has 3 rings (SSSR count). The van der Waals surface area contributed by atoms with Gasteiger partial charge in [-0.05, 0) is 40.2 Å². The molecule has 1 aliphatic rings. The number of furan rings is 1. The van der Waals surface area contributed by atoms with Gasteiger partial charge >= 0.3 is 5.97 Å². The van der Waals surface area contributed by atoms with Gasteiger partial charge in [0.1, 0.15) is 5.76 Å². The topological polar surface area (TPSA) is 51.8 Å². The second-order valence-electron chi connectivity index (χ2n) is 3.83. The van der Waals surface area contributed by atoms with E-state index in [0.29, 0.717) is 5.76 Å². The molecular weight excluding hydrogens is 310 g/mol. The van der Waals surface area contributed by atoms with Gasteiger partial charge in [0, 0.05) is 10.5 Å². The lowest BCUT2D eigenvalue weighted by atomic mass is 10.2. The van der Waals surface area contributed by atoms with Gasteiger partial charge in [0.05, 0.1) is 11.8 Å². The molecule has 2 aromatic rings. The number of hydrogen-bond donors (Lipinski definition) is 0. The van der Waals surface area contributed by atoms with Gasteiger partial charge in [-0.2, -0.15) is 0 Å². The Kier molecular flexibility index (Phi) is 3.05. The highest BCUT2D eigenvalue weighted by Gasteiger charge is 2.25. The summed E-state index contributed by atoms with van der Waals surface area (Å²) in [6.07, 6.45) is 3.08. The Balaban J connectivity index is 1.98. The average Bonchev–Trinajstić information content (AvgIpc) is 3.02. The molecule has 0 atom stereocenters. The summed E-state index contributed by atoms with van der Waals surface area (Å²) < 4.78 is 11.1. The molecular formula is C14H8BrNO3. The van der Waals surface area contributed by atoms with Crippen molar-refractivity contribution in [3.05, 3.63) is 64.2 Å². The molecule has 2 heterocycles. The minimum absolute atomic E-state index is 0.223. The van der Waals surface area contributed by atoms with Crippen molar-refractivity contribution in [2.24, 2.45) is 4.99 Å². The first-order chi connectivity index (χ1) is 9.24. The van der Waals surface area contributed by atoms with Crippen LogP contribution in [0.1, 0.15) is 11.3 Å². The number of halogens is 1. The minimum Gasteiger partial charge on any atom is -0.465 e. The van der Waals surface area contributed by atoms with Gasteiger partial charge in [0.2, 0.25) is 5.90 Å². The molecule has 0 saturated heterocycles. The molecule has 0 radical (unpaired) electrons. The number of aliphatic imine (C=N–C) groups is 1. The van der Waals surface area contributed by atoms with Crippen molar-refractivity contribution < 1.29 is 13.9 Å². The minimum atomic E-state index is -0.484. The second kappa shape index (κ2) is 4.85. The first kappa shape index (κ1) is 11.9. The highest BCUT2D eigenvalue weighted by atomic mass is 79.9. The molecule has 4 nitrogen and oxygen atoms in total. The molecule has 0 bridgehead atoms. The van der Waals surface area contributed by atoms with E-state index in [-0.39, 0.29) is 11.6 Å². The van der Waals surface area contributed by atoms with E-state index in [2.05, 4.69) is 20.9 Å². The lowest BCUT2D eigenvalue weighted by Crippen LogP contribution is -2.05. The van der Waals surface area contributed by atoms with Crippen LogP contribution < -0.4 is 0 Å². The third-order valence-corrected chi connectivity index (χ3v) is 3.24. The molecule has 19 heavy (non-hydrogen) atoms. The number of carbonyl (C=O) groups excluding carboxylic acids is 1. The molecule has 1 aromatic carbocycles. The highest BCUT2D eigenvalue weighted by Crippen LogP contribution is 2.23. The summed E-state index contributed by atoms with van der Waals surface area (Å²) in [6, 6.07) is 10.9. The van der Waals surface area contributed by atoms with Crippen molar-refractivity contribution in [1.82, 2.24) is 0 Å². The number of ether oxygens (including phenoxy) is 1. The fourth-order valence-electron chi connectivity index (χ4n) is 1.67. The summed E-state index contributed by atoms with van der Waals surface area (Å²) in [4.78, 5) is 15.9.